The maximum atomic E-state index is 8.93. The Morgan fingerprint density at radius 1 is 1.08 bits per heavy atom. The predicted molar refractivity (Wildman–Crippen MR) is 106 cm³/mol. The molecule has 3 heteroatoms. The fourth-order valence-corrected chi connectivity index (χ4v) is 3.81. The summed E-state index contributed by atoms with van der Waals surface area (Å²) in [5.74, 6) is 0. The van der Waals surface area contributed by atoms with Gasteiger partial charge in [0.25, 0.3) is 0 Å². The van der Waals surface area contributed by atoms with Crippen LogP contribution in [0, 0.1) is 11.3 Å². The molecule has 1 fully saturated rings. The van der Waals surface area contributed by atoms with Crippen LogP contribution in [-0.2, 0) is 6.42 Å². The highest BCUT2D eigenvalue weighted by Gasteiger charge is 2.19. The number of aromatic nitrogens is 1. The first kappa shape index (κ1) is 16.8. The molecule has 1 atom stereocenters. The van der Waals surface area contributed by atoms with Gasteiger partial charge in [0.2, 0.25) is 0 Å². The van der Waals surface area contributed by atoms with Gasteiger partial charge in [0.05, 0.1) is 17.1 Å². The first-order valence-electron chi connectivity index (χ1n) is 9.37. The fraction of sp³-hybridized carbons (Fsp3) is 0.304. The van der Waals surface area contributed by atoms with Crippen LogP contribution in [0.5, 0.6) is 0 Å². The van der Waals surface area contributed by atoms with E-state index in [2.05, 4.69) is 48.2 Å². The Balaban J connectivity index is 1.53. The second-order valence-corrected chi connectivity index (χ2v) is 7.18. The summed E-state index contributed by atoms with van der Waals surface area (Å²) in [6, 6.07) is 21.3. The molecule has 3 nitrogen and oxygen atoms in total. The van der Waals surface area contributed by atoms with Gasteiger partial charge < -0.3 is 4.90 Å². The van der Waals surface area contributed by atoms with Crippen molar-refractivity contribution in [3.63, 3.8) is 0 Å². The van der Waals surface area contributed by atoms with Gasteiger partial charge >= 0.3 is 0 Å². The summed E-state index contributed by atoms with van der Waals surface area (Å²) in [4.78, 5) is 7.42. The highest BCUT2D eigenvalue weighted by molar-refractivity contribution is 5.84. The zero-order valence-corrected chi connectivity index (χ0v) is 15.2. The summed E-state index contributed by atoms with van der Waals surface area (Å²) in [7, 11) is 0. The second kappa shape index (κ2) is 7.27. The normalized spacial score (nSPS) is 17.5. The van der Waals surface area contributed by atoms with Crippen molar-refractivity contribution in [2.75, 3.05) is 13.1 Å². The second-order valence-electron chi connectivity index (χ2n) is 7.18. The number of benzene rings is 2. The van der Waals surface area contributed by atoms with Gasteiger partial charge in [0.1, 0.15) is 0 Å². The van der Waals surface area contributed by atoms with Crippen LogP contribution in [0.3, 0.4) is 0 Å². The smallest absolute Gasteiger partial charge is 0.0991 e. The van der Waals surface area contributed by atoms with Crippen molar-refractivity contribution in [1.82, 2.24) is 9.88 Å². The number of fused-ring (bicyclic) bond motifs is 1. The molecule has 2 aromatic carbocycles. The summed E-state index contributed by atoms with van der Waals surface area (Å²) >= 11 is 0. The van der Waals surface area contributed by atoms with E-state index in [4.69, 9.17) is 10.2 Å². The monoisotopic (exact) mass is 341 g/mol. The summed E-state index contributed by atoms with van der Waals surface area (Å²) in [5, 5.41) is 10.1. The predicted octanol–water partition coefficient (Wildman–Crippen LogP) is 4.80. The van der Waals surface area contributed by atoms with Crippen molar-refractivity contribution in [3.05, 3.63) is 65.9 Å². The molecule has 3 aromatic rings. The molecule has 0 unspecified atom stereocenters. The number of nitrogens with zero attached hydrogens (tertiary/aromatic N) is 3. The lowest BCUT2D eigenvalue weighted by molar-refractivity contribution is 0.271. The average molecular weight is 341 g/mol. The van der Waals surface area contributed by atoms with Crippen LogP contribution in [0.4, 0.5) is 0 Å². The number of hydrogen-bond donors (Lipinski definition) is 0. The Morgan fingerprint density at radius 2 is 1.88 bits per heavy atom. The first-order chi connectivity index (χ1) is 12.7. The van der Waals surface area contributed by atoms with Crippen LogP contribution >= 0.6 is 0 Å². The summed E-state index contributed by atoms with van der Waals surface area (Å²) in [5.41, 5.74) is 5.19. The lowest BCUT2D eigenvalue weighted by atomic mass is 10.0. The molecular weight excluding hydrogens is 318 g/mol. The van der Waals surface area contributed by atoms with Crippen LogP contribution in [0.2, 0.25) is 0 Å². The van der Waals surface area contributed by atoms with Crippen molar-refractivity contribution in [2.45, 2.75) is 32.2 Å². The Labute approximate surface area is 154 Å². The van der Waals surface area contributed by atoms with E-state index in [1.54, 1.807) is 0 Å². The van der Waals surface area contributed by atoms with Gasteiger partial charge in [0, 0.05) is 30.1 Å². The maximum absolute atomic E-state index is 8.93. The lowest BCUT2D eigenvalue weighted by Crippen LogP contribution is -2.29. The Bertz CT molecular complexity index is 953. The minimum absolute atomic E-state index is 0.688. The van der Waals surface area contributed by atoms with E-state index in [9.17, 15) is 0 Å². The van der Waals surface area contributed by atoms with Gasteiger partial charge in [0.15, 0.2) is 0 Å². The molecule has 0 radical (unpaired) electrons. The molecule has 0 bridgehead atoms. The standard InChI is InChI=1S/C23H23N3/c1-17-3-2-13-26(17)14-12-22-10-8-21-15-20(9-11-23(21)25-22)19-6-4-18(16-24)5-7-19/h4-11,15,17H,2-3,12-14H2,1H3/t17-/m0/s1. The lowest BCUT2D eigenvalue weighted by Gasteiger charge is -2.20. The molecule has 26 heavy (non-hydrogen) atoms. The van der Waals surface area contributed by atoms with E-state index in [1.807, 2.05) is 24.3 Å². The SMILES string of the molecule is C[C@H]1CCCN1CCc1ccc2cc(-c3ccc(C#N)cc3)ccc2n1. The summed E-state index contributed by atoms with van der Waals surface area (Å²) in [6.45, 7) is 4.65. The van der Waals surface area contributed by atoms with Crippen LogP contribution in [0.1, 0.15) is 31.0 Å². The molecule has 0 spiro atoms. The minimum Gasteiger partial charge on any atom is -0.300 e. The van der Waals surface area contributed by atoms with E-state index in [0.29, 0.717) is 11.6 Å². The van der Waals surface area contributed by atoms with Crippen molar-refractivity contribution >= 4 is 10.9 Å². The highest BCUT2D eigenvalue weighted by atomic mass is 15.2. The summed E-state index contributed by atoms with van der Waals surface area (Å²) in [6.07, 6.45) is 3.66. The van der Waals surface area contributed by atoms with Crippen molar-refractivity contribution in [1.29, 1.82) is 5.26 Å². The fourth-order valence-electron chi connectivity index (χ4n) is 3.81. The zero-order valence-electron chi connectivity index (χ0n) is 15.2. The number of pyridine rings is 1. The van der Waals surface area contributed by atoms with Crippen LogP contribution in [-0.4, -0.2) is 29.0 Å². The van der Waals surface area contributed by atoms with Crippen LogP contribution in [0.15, 0.2) is 54.6 Å². The largest absolute Gasteiger partial charge is 0.300 e. The molecule has 130 valence electrons. The number of nitriles is 1. The van der Waals surface area contributed by atoms with Gasteiger partial charge in [-0.05, 0) is 67.8 Å². The highest BCUT2D eigenvalue weighted by Crippen LogP contribution is 2.24. The number of rotatable bonds is 4. The molecular formula is C23H23N3. The molecule has 1 aromatic heterocycles. The maximum Gasteiger partial charge on any atom is 0.0991 e. The van der Waals surface area contributed by atoms with Gasteiger partial charge in [-0.1, -0.05) is 24.3 Å². The third kappa shape index (κ3) is 3.47. The minimum atomic E-state index is 0.688. The average Bonchev–Trinajstić information content (AvgIpc) is 3.10. The Hall–Kier alpha value is -2.70. The van der Waals surface area contributed by atoms with Gasteiger partial charge in [-0.15, -0.1) is 0 Å². The molecule has 0 N–H and O–H groups in total. The van der Waals surface area contributed by atoms with Crippen LogP contribution < -0.4 is 0 Å². The van der Waals surface area contributed by atoms with E-state index in [1.165, 1.54) is 25.1 Å². The Kier molecular flexibility index (Phi) is 4.69. The van der Waals surface area contributed by atoms with E-state index >= 15 is 0 Å². The van der Waals surface area contributed by atoms with Crippen molar-refractivity contribution in [3.8, 4) is 17.2 Å². The van der Waals surface area contributed by atoms with Gasteiger partial charge in [-0.2, -0.15) is 5.26 Å². The topological polar surface area (TPSA) is 39.9 Å². The summed E-state index contributed by atoms with van der Waals surface area (Å²) < 4.78 is 0. The molecule has 1 aliphatic rings. The quantitative estimate of drug-likeness (QED) is 0.684. The molecule has 1 saturated heterocycles. The zero-order chi connectivity index (χ0) is 17.9. The molecule has 2 heterocycles. The Morgan fingerprint density at radius 3 is 2.62 bits per heavy atom. The molecule has 4 rings (SSSR count). The number of likely N-dealkylation sites (tertiary alicyclic amines) is 1. The first-order valence-corrected chi connectivity index (χ1v) is 9.37. The van der Waals surface area contributed by atoms with Crippen molar-refractivity contribution in [2.24, 2.45) is 0 Å². The van der Waals surface area contributed by atoms with E-state index in [0.717, 1.165) is 35.0 Å². The van der Waals surface area contributed by atoms with E-state index in [-0.39, 0.29) is 0 Å². The van der Waals surface area contributed by atoms with Crippen molar-refractivity contribution < 1.29 is 0 Å². The third-order valence-electron chi connectivity index (χ3n) is 5.44. The molecule has 0 saturated carbocycles. The molecule has 0 amide bonds. The molecule has 1 aliphatic heterocycles. The number of hydrogen-bond acceptors (Lipinski definition) is 3. The van der Waals surface area contributed by atoms with Gasteiger partial charge in [-0.25, -0.2) is 0 Å². The van der Waals surface area contributed by atoms with Crippen LogP contribution in [0.25, 0.3) is 22.0 Å². The third-order valence-corrected chi connectivity index (χ3v) is 5.44. The van der Waals surface area contributed by atoms with Gasteiger partial charge in [-0.3, -0.25) is 4.98 Å². The molecule has 0 aliphatic carbocycles. The van der Waals surface area contributed by atoms with E-state index < -0.39 is 0 Å².